The Kier molecular flexibility index (Phi) is 2.60. The normalized spacial score (nSPS) is 20.7. The number of hydrogen-bond acceptors (Lipinski definition) is 3. The Labute approximate surface area is 90.0 Å². The predicted molar refractivity (Wildman–Crippen MR) is 56.8 cm³/mol. The van der Waals surface area contributed by atoms with Crippen LogP contribution in [0.4, 0.5) is 5.69 Å². The third-order valence-corrected chi connectivity index (χ3v) is 4.95. The summed E-state index contributed by atoms with van der Waals surface area (Å²) in [4.78, 5) is 28.6. The van der Waals surface area contributed by atoms with Gasteiger partial charge in [0.05, 0.1) is 5.69 Å². The zero-order chi connectivity index (χ0) is 11.1. The molecular formula is C8H8NO4PS. The first kappa shape index (κ1) is 10.7. The lowest BCUT2D eigenvalue weighted by molar-refractivity contribution is -0.114. The number of benzene rings is 1. The molecule has 0 radical (unpaired) electrons. The zero-order valence-corrected chi connectivity index (χ0v) is 9.16. The van der Waals surface area contributed by atoms with Crippen molar-refractivity contribution >= 4 is 31.0 Å². The van der Waals surface area contributed by atoms with Crippen LogP contribution in [0.25, 0.3) is 0 Å². The van der Waals surface area contributed by atoms with Gasteiger partial charge < -0.3 is 15.1 Å². The first-order valence-corrected chi connectivity index (χ1v) is 6.66. The molecule has 0 aromatic heterocycles. The SMILES string of the molecule is O=C1Nc2ccccc2SC1P(=O)(O)O. The fraction of sp³-hybridized carbons (Fsp3) is 0.125. The summed E-state index contributed by atoms with van der Waals surface area (Å²) in [6.07, 6.45) is 0. The largest absolute Gasteiger partial charge is 0.348 e. The van der Waals surface area contributed by atoms with Gasteiger partial charge >= 0.3 is 7.60 Å². The van der Waals surface area contributed by atoms with Crippen molar-refractivity contribution in [2.24, 2.45) is 0 Å². The maximum atomic E-state index is 11.4. The molecule has 1 heterocycles. The molecule has 1 aliphatic rings. The van der Waals surface area contributed by atoms with E-state index in [9.17, 15) is 9.36 Å². The van der Waals surface area contributed by atoms with E-state index >= 15 is 0 Å². The van der Waals surface area contributed by atoms with Crippen LogP contribution in [0.1, 0.15) is 0 Å². The monoisotopic (exact) mass is 245 g/mol. The summed E-state index contributed by atoms with van der Waals surface area (Å²) < 4.78 is 11.0. The summed E-state index contributed by atoms with van der Waals surface area (Å²) >= 11 is 0.897. The Morgan fingerprint density at radius 1 is 1.33 bits per heavy atom. The standard InChI is InChI=1S/C8H8NO4PS/c10-7-8(14(11,12)13)15-6-4-2-1-3-5(6)9-7/h1-4,8H,(H,9,10)(H2,11,12,13). The van der Waals surface area contributed by atoms with E-state index in [4.69, 9.17) is 9.79 Å². The van der Waals surface area contributed by atoms with Crippen LogP contribution in [-0.2, 0) is 9.36 Å². The van der Waals surface area contributed by atoms with Gasteiger partial charge in [-0.25, -0.2) is 0 Å². The fourth-order valence-corrected chi connectivity index (χ4v) is 3.33. The fourth-order valence-electron chi connectivity index (χ4n) is 1.26. The maximum Gasteiger partial charge on any atom is 0.348 e. The summed E-state index contributed by atoms with van der Waals surface area (Å²) in [6.45, 7) is 0. The number of rotatable bonds is 1. The lowest BCUT2D eigenvalue weighted by atomic mass is 10.3. The van der Waals surface area contributed by atoms with Crippen LogP contribution in [0, 0.1) is 0 Å². The van der Waals surface area contributed by atoms with Crippen molar-refractivity contribution in [2.45, 2.75) is 9.89 Å². The molecule has 0 aliphatic carbocycles. The van der Waals surface area contributed by atoms with E-state index in [0.29, 0.717) is 10.6 Å². The van der Waals surface area contributed by atoms with Crippen molar-refractivity contribution in [3.63, 3.8) is 0 Å². The minimum Gasteiger partial charge on any atom is -0.324 e. The molecule has 1 amide bonds. The molecule has 0 saturated heterocycles. The molecule has 0 spiro atoms. The Balaban J connectivity index is 2.38. The van der Waals surface area contributed by atoms with Crippen molar-refractivity contribution in [2.75, 3.05) is 5.32 Å². The van der Waals surface area contributed by atoms with E-state index in [1.54, 1.807) is 24.3 Å². The Morgan fingerprint density at radius 3 is 2.67 bits per heavy atom. The number of anilines is 1. The molecule has 1 aliphatic heterocycles. The molecule has 2 rings (SSSR count). The van der Waals surface area contributed by atoms with Gasteiger partial charge in [-0.1, -0.05) is 23.9 Å². The number of thioether (sulfide) groups is 1. The van der Waals surface area contributed by atoms with E-state index in [1.165, 1.54) is 0 Å². The van der Waals surface area contributed by atoms with Gasteiger partial charge in [-0.15, -0.1) is 0 Å². The Hall–Kier alpha value is -0.810. The van der Waals surface area contributed by atoms with Crippen LogP contribution in [0.5, 0.6) is 0 Å². The van der Waals surface area contributed by atoms with Gasteiger partial charge in [0.1, 0.15) is 0 Å². The van der Waals surface area contributed by atoms with Crippen LogP contribution >= 0.6 is 19.4 Å². The molecule has 0 saturated carbocycles. The van der Waals surface area contributed by atoms with E-state index in [1.807, 2.05) is 0 Å². The molecule has 15 heavy (non-hydrogen) atoms. The summed E-state index contributed by atoms with van der Waals surface area (Å²) in [5.74, 6) is -0.646. The van der Waals surface area contributed by atoms with E-state index < -0.39 is 18.5 Å². The van der Waals surface area contributed by atoms with Crippen LogP contribution in [-0.4, -0.2) is 20.7 Å². The number of hydrogen-bond donors (Lipinski definition) is 3. The molecule has 0 bridgehead atoms. The molecule has 7 heteroatoms. The van der Waals surface area contributed by atoms with Gasteiger partial charge in [-0.3, -0.25) is 9.36 Å². The second-order valence-electron chi connectivity index (χ2n) is 3.04. The van der Waals surface area contributed by atoms with E-state index in [-0.39, 0.29) is 0 Å². The lowest BCUT2D eigenvalue weighted by Crippen LogP contribution is -2.28. The molecular weight excluding hydrogens is 237 g/mol. The molecule has 0 fully saturated rings. The summed E-state index contributed by atoms with van der Waals surface area (Å²) in [5, 5.41) is 2.46. The highest BCUT2D eigenvalue weighted by Crippen LogP contribution is 2.53. The van der Waals surface area contributed by atoms with Gasteiger partial charge in [0.15, 0.2) is 4.99 Å². The van der Waals surface area contributed by atoms with Crippen LogP contribution in [0.15, 0.2) is 29.2 Å². The van der Waals surface area contributed by atoms with Gasteiger partial charge in [0, 0.05) is 4.90 Å². The maximum absolute atomic E-state index is 11.4. The molecule has 1 aromatic carbocycles. The van der Waals surface area contributed by atoms with Crippen molar-refractivity contribution in [1.29, 1.82) is 0 Å². The number of amides is 1. The van der Waals surface area contributed by atoms with Crippen molar-refractivity contribution in [1.82, 2.24) is 0 Å². The average Bonchev–Trinajstić information content (AvgIpc) is 2.15. The number of nitrogens with one attached hydrogen (secondary N) is 1. The molecule has 5 nitrogen and oxygen atoms in total. The number of fused-ring (bicyclic) bond motifs is 1. The summed E-state index contributed by atoms with van der Waals surface area (Å²) in [6, 6.07) is 6.90. The second kappa shape index (κ2) is 3.64. The molecule has 80 valence electrons. The van der Waals surface area contributed by atoms with Gasteiger partial charge in [-0.2, -0.15) is 0 Å². The van der Waals surface area contributed by atoms with E-state index in [0.717, 1.165) is 11.8 Å². The average molecular weight is 245 g/mol. The minimum atomic E-state index is -4.40. The minimum absolute atomic E-state index is 0.595. The highest BCUT2D eigenvalue weighted by atomic mass is 32.2. The van der Waals surface area contributed by atoms with Gasteiger partial charge in [0.2, 0.25) is 5.91 Å². The van der Waals surface area contributed by atoms with Crippen LogP contribution in [0.3, 0.4) is 0 Å². The topological polar surface area (TPSA) is 86.6 Å². The van der Waals surface area contributed by atoms with Gasteiger partial charge in [0.25, 0.3) is 0 Å². The van der Waals surface area contributed by atoms with Gasteiger partial charge in [-0.05, 0) is 12.1 Å². The lowest BCUT2D eigenvalue weighted by Gasteiger charge is -2.24. The zero-order valence-electron chi connectivity index (χ0n) is 7.45. The van der Waals surface area contributed by atoms with Crippen molar-refractivity contribution < 1.29 is 19.1 Å². The van der Waals surface area contributed by atoms with Crippen LogP contribution < -0.4 is 5.32 Å². The highest BCUT2D eigenvalue weighted by molar-refractivity contribution is 8.06. The number of carbonyl (C=O) groups excluding carboxylic acids is 1. The smallest absolute Gasteiger partial charge is 0.324 e. The van der Waals surface area contributed by atoms with Crippen molar-refractivity contribution in [3.8, 4) is 0 Å². The predicted octanol–water partition coefficient (Wildman–Crippen LogP) is 1.23. The molecule has 1 aromatic rings. The quantitative estimate of drug-likeness (QED) is 0.648. The highest BCUT2D eigenvalue weighted by Gasteiger charge is 2.40. The van der Waals surface area contributed by atoms with E-state index in [2.05, 4.69) is 5.32 Å². The Bertz CT molecular complexity index is 458. The number of para-hydroxylation sites is 1. The molecule has 1 atom stereocenters. The molecule has 1 unspecified atom stereocenters. The second-order valence-corrected chi connectivity index (χ2v) is 6.24. The third-order valence-electron chi connectivity index (χ3n) is 1.91. The first-order valence-electron chi connectivity index (χ1n) is 4.10. The van der Waals surface area contributed by atoms with Crippen molar-refractivity contribution in [3.05, 3.63) is 24.3 Å². The Morgan fingerprint density at radius 2 is 2.00 bits per heavy atom. The number of carbonyl (C=O) groups is 1. The third kappa shape index (κ3) is 2.08. The summed E-state index contributed by atoms with van der Waals surface area (Å²) in [5.41, 5.74) is 0.595. The van der Waals surface area contributed by atoms with Crippen LogP contribution in [0.2, 0.25) is 0 Å². The first-order chi connectivity index (χ1) is 6.98. The summed E-state index contributed by atoms with van der Waals surface area (Å²) in [7, 11) is -4.40. The molecule has 3 N–H and O–H groups in total.